The smallest absolute Gasteiger partial charge is 0.180 e. The van der Waals surface area contributed by atoms with Crippen molar-refractivity contribution in [1.82, 2.24) is 4.98 Å². The Bertz CT molecular complexity index is 301. The zero-order valence-corrected chi connectivity index (χ0v) is 6.96. The minimum Gasteiger partial charge on any atom is -0.364 e. The SMILES string of the molecule is Cc1[nH]c(C=O)c(C)c1C(O)O. The molecule has 1 heterocycles. The maximum Gasteiger partial charge on any atom is 0.180 e. The van der Waals surface area contributed by atoms with Crippen LogP contribution in [0.1, 0.15) is 33.6 Å². The van der Waals surface area contributed by atoms with E-state index in [1.54, 1.807) is 13.8 Å². The number of aromatic amines is 1. The van der Waals surface area contributed by atoms with Crippen molar-refractivity contribution in [2.45, 2.75) is 20.1 Å². The molecule has 0 unspecified atom stereocenters. The lowest BCUT2D eigenvalue weighted by Crippen LogP contribution is -1.97. The second-order valence-electron chi connectivity index (χ2n) is 2.69. The Labute approximate surface area is 69.9 Å². The van der Waals surface area contributed by atoms with Gasteiger partial charge in [0.2, 0.25) is 0 Å². The highest BCUT2D eigenvalue weighted by Gasteiger charge is 2.15. The van der Waals surface area contributed by atoms with E-state index >= 15 is 0 Å². The van der Waals surface area contributed by atoms with E-state index in [4.69, 9.17) is 10.2 Å². The van der Waals surface area contributed by atoms with Crippen LogP contribution in [0.2, 0.25) is 0 Å². The van der Waals surface area contributed by atoms with E-state index in [0.29, 0.717) is 28.8 Å². The van der Waals surface area contributed by atoms with Gasteiger partial charge >= 0.3 is 0 Å². The Morgan fingerprint density at radius 3 is 2.25 bits per heavy atom. The molecule has 12 heavy (non-hydrogen) atoms. The number of carbonyl (C=O) groups excluding carboxylic acids is 1. The van der Waals surface area contributed by atoms with Crippen molar-refractivity contribution >= 4 is 6.29 Å². The number of nitrogens with one attached hydrogen (secondary N) is 1. The van der Waals surface area contributed by atoms with Crippen LogP contribution in [0.25, 0.3) is 0 Å². The van der Waals surface area contributed by atoms with Crippen LogP contribution in [0, 0.1) is 13.8 Å². The third-order valence-electron chi connectivity index (χ3n) is 1.91. The molecular formula is C8H11NO3. The summed E-state index contributed by atoms with van der Waals surface area (Å²) in [7, 11) is 0. The molecule has 1 aromatic rings. The normalized spacial score (nSPS) is 10.8. The van der Waals surface area contributed by atoms with Crippen LogP contribution < -0.4 is 0 Å². The Kier molecular flexibility index (Phi) is 2.30. The molecule has 0 aliphatic carbocycles. The lowest BCUT2D eigenvalue weighted by atomic mass is 10.1. The number of aliphatic hydroxyl groups excluding tert-OH is 1. The van der Waals surface area contributed by atoms with Gasteiger partial charge in [-0.25, -0.2) is 0 Å². The van der Waals surface area contributed by atoms with Gasteiger partial charge in [-0.1, -0.05) is 0 Å². The molecule has 0 saturated carbocycles. The summed E-state index contributed by atoms with van der Waals surface area (Å²) in [5.74, 6) is 0. The fourth-order valence-electron chi connectivity index (χ4n) is 1.29. The third-order valence-corrected chi connectivity index (χ3v) is 1.91. The standard InChI is InChI=1S/C8H11NO3/c1-4-6(3-10)9-5(2)7(4)8(11)12/h3,8-9,11-12H,1-2H3. The van der Waals surface area contributed by atoms with Crippen molar-refractivity contribution in [2.24, 2.45) is 0 Å². The van der Waals surface area contributed by atoms with Crippen molar-refractivity contribution in [3.05, 3.63) is 22.5 Å². The molecule has 4 heteroatoms. The number of aryl methyl sites for hydroxylation is 1. The summed E-state index contributed by atoms with van der Waals surface area (Å²) in [6.45, 7) is 3.36. The molecular weight excluding hydrogens is 158 g/mol. The predicted octanol–water partition coefficient (Wildman–Crippen LogP) is 0.427. The molecule has 0 atom stereocenters. The number of carbonyl (C=O) groups is 1. The van der Waals surface area contributed by atoms with E-state index in [1.165, 1.54) is 0 Å². The van der Waals surface area contributed by atoms with Crippen molar-refractivity contribution in [3.8, 4) is 0 Å². The summed E-state index contributed by atoms with van der Waals surface area (Å²) >= 11 is 0. The molecule has 0 radical (unpaired) electrons. The molecule has 0 saturated heterocycles. The molecule has 0 spiro atoms. The maximum absolute atomic E-state index is 10.4. The van der Waals surface area contributed by atoms with Gasteiger partial charge in [-0.05, 0) is 19.4 Å². The van der Waals surface area contributed by atoms with Gasteiger partial charge in [-0.15, -0.1) is 0 Å². The highest BCUT2D eigenvalue weighted by atomic mass is 16.5. The van der Waals surface area contributed by atoms with Gasteiger partial charge in [-0.2, -0.15) is 0 Å². The van der Waals surface area contributed by atoms with Crippen LogP contribution in [0.15, 0.2) is 0 Å². The number of aldehydes is 1. The Hall–Kier alpha value is -1.13. The van der Waals surface area contributed by atoms with E-state index in [1.807, 2.05) is 0 Å². The minimum absolute atomic E-state index is 0.386. The molecule has 0 aromatic carbocycles. The number of rotatable bonds is 2. The van der Waals surface area contributed by atoms with Crippen molar-refractivity contribution in [1.29, 1.82) is 0 Å². The monoisotopic (exact) mass is 169 g/mol. The van der Waals surface area contributed by atoms with Gasteiger partial charge in [0, 0.05) is 11.3 Å². The predicted molar refractivity (Wildman–Crippen MR) is 42.8 cm³/mol. The zero-order valence-electron chi connectivity index (χ0n) is 6.96. The first-order valence-corrected chi connectivity index (χ1v) is 3.58. The van der Waals surface area contributed by atoms with Crippen LogP contribution in [0.3, 0.4) is 0 Å². The van der Waals surface area contributed by atoms with E-state index in [9.17, 15) is 4.79 Å². The third kappa shape index (κ3) is 1.26. The fourth-order valence-corrected chi connectivity index (χ4v) is 1.29. The molecule has 0 aliphatic rings. The maximum atomic E-state index is 10.4. The molecule has 66 valence electrons. The van der Waals surface area contributed by atoms with E-state index in [0.717, 1.165) is 0 Å². The largest absolute Gasteiger partial charge is 0.364 e. The van der Waals surface area contributed by atoms with E-state index in [-0.39, 0.29) is 0 Å². The molecule has 3 N–H and O–H groups in total. The first kappa shape index (κ1) is 8.96. The molecule has 0 aliphatic heterocycles. The fraction of sp³-hybridized carbons (Fsp3) is 0.375. The van der Waals surface area contributed by atoms with Crippen LogP contribution in [0.4, 0.5) is 0 Å². The highest BCUT2D eigenvalue weighted by molar-refractivity contribution is 5.75. The minimum atomic E-state index is -1.52. The van der Waals surface area contributed by atoms with Crippen LogP contribution in [0.5, 0.6) is 0 Å². The summed E-state index contributed by atoms with van der Waals surface area (Å²) in [6.07, 6.45) is -0.858. The molecule has 4 nitrogen and oxygen atoms in total. The summed E-state index contributed by atoms with van der Waals surface area (Å²) in [5, 5.41) is 17.8. The summed E-state index contributed by atoms with van der Waals surface area (Å²) in [5.41, 5.74) is 2.00. The molecule has 1 aromatic heterocycles. The van der Waals surface area contributed by atoms with Gasteiger partial charge in [0.15, 0.2) is 12.6 Å². The zero-order chi connectivity index (χ0) is 9.30. The number of aliphatic hydroxyl groups is 2. The lowest BCUT2D eigenvalue weighted by Gasteiger charge is -2.03. The summed E-state index contributed by atoms with van der Waals surface area (Å²) in [6, 6.07) is 0. The second-order valence-corrected chi connectivity index (χ2v) is 2.69. The molecule has 0 fully saturated rings. The van der Waals surface area contributed by atoms with Gasteiger partial charge in [0.25, 0.3) is 0 Å². The Morgan fingerprint density at radius 2 is 2.00 bits per heavy atom. The van der Waals surface area contributed by atoms with Crippen molar-refractivity contribution < 1.29 is 15.0 Å². The van der Waals surface area contributed by atoms with E-state index in [2.05, 4.69) is 4.98 Å². The average Bonchev–Trinajstić information content (AvgIpc) is 2.25. The van der Waals surface area contributed by atoms with Gasteiger partial charge < -0.3 is 15.2 Å². The molecule has 0 bridgehead atoms. The lowest BCUT2D eigenvalue weighted by molar-refractivity contribution is -0.0432. The van der Waals surface area contributed by atoms with Crippen molar-refractivity contribution in [2.75, 3.05) is 0 Å². The van der Waals surface area contributed by atoms with Gasteiger partial charge in [0.1, 0.15) is 0 Å². The van der Waals surface area contributed by atoms with Crippen LogP contribution in [-0.4, -0.2) is 21.5 Å². The number of hydrogen-bond acceptors (Lipinski definition) is 3. The quantitative estimate of drug-likeness (QED) is 0.444. The summed E-state index contributed by atoms with van der Waals surface area (Å²) in [4.78, 5) is 13.2. The Balaban J connectivity index is 3.27. The van der Waals surface area contributed by atoms with Gasteiger partial charge in [-0.3, -0.25) is 4.79 Å². The second kappa shape index (κ2) is 3.08. The van der Waals surface area contributed by atoms with E-state index < -0.39 is 6.29 Å². The number of hydrogen-bond donors (Lipinski definition) is 3. The topological polar surface area (TPSA) is 73.3 Å². The highest BCUT2D eigenvalue weighted by Crippen LogP contribution is 2.21. The molecule has 1 rings (SSSR count). The van der Waals surface area contributed by atoms with Crippen LogP contribution >= 0.6 is 0 Å². The van der Waals surface area contributed by atoms with Crippen LogP contribution in [-0.2, 0) is 0 Å². The van der Waals surface area contributed by atoms with Gasteiger partial charge in [0.05, 0.1) is 5.69 Å². The number of aromatic nitrogens is 1. The molecule has 0 amide bonds. The first-order chi connectivity index (χ1) is 5.57. The average molecular weight is 169 g/mol. The summed E-state index contributed by atoms with van der Waals surface area (Å²) < 4.78 is 0. The Morgan fingerprint density at radius 1 is 1.42 bits per heavy atom. The first-order valence-electron chi connectivity index (χ1n) is 3.58. The van der Waals surface area contributed by atoms with Crippen molar-refractivity contribution in [3.63, 3.8) is 0 Å². The number of H-pyrrole nitrogens is 1.